The Morgan fingerprint density at radius 1 is 0.975 bits per heavy atom. The molecule has 210 valence electrons. The fourth-order valence-electron chi connectivity index (χ4n) is 3.84. The molecule has 0 unspecified atom stereocenters. The number of rotatable bonds is 7. The van der Waals surface area contributed by atoms with Crippen molar-refractivity contribution in [2.75, 3.05) is 23.3 Å². The molecule has 0 fully saturated rings. The molecule has 1 aliphatic heterocycles. The SMILES string of the molecule is CCN(CC)c1ccc(N=C2N=C(NC(=O)c3cccc(C)c3)C(=O)C=C2NC(C)=O)c(NC(=O)C(C)(C)C)c1. The van der Waals surface area contributed by atoms with E-state index in [0.29, 0.717) is 16.9 Å². The Labute approximate surface area is 234 Å². The van der Waals surface area contributed by atoms with Gasteiger partial charge in [-0.2, -0.15) is 0 Å². The summed E-state index contributed by atoms with van der Waals surface area (Å²) in [6.07, 6.45) is 1.16. The van der Waals surface area contributed by atoms with E-state index in [2.05, 4.69) is 30.8 Å². The number of carbonyl (C=O) groups excluding carboxylic acids is 4. The average molecular weight is 545 g/mol. The zero-order valence-corrected chi connectivity index (χ0v) is 24.0. The predicted molar refractivity (Wildman–Crippen MR) is 158 cm³/mol. The van der Waals surface area contributed by atoms with Crippen molar-refractivity contribution in [1.82, 2.24) is 10.6 Å². The van der Waals surface area contributed by atoms with Gasteiger partial charge in [-0.3, -0.25) is 19.2 Å². The van der Waals surface area contributed by atoms with Crippen molar-refractivity contribution in [2.45, 2.75) is 48.5 Å². The van der Waals surface area contributed by atoms with Crippen molar-refractivity contribution in [2.24, 2.45) is 15.4 Å². The molecule has 3 N–H and O–H groups in total. The van der Waals surface area contributed by atoms with Crippen LogP contribution in [0.5, 0.6) is 0 Å². The van der Waals surface area contributed by atoms with E-state index in [9.17, 15) is 19.2 Å². The van der Waals surface area contributed by atoms with Gasteiger partial charge in [0.25, 0.3) is 5.91 Å². The fraction of sp³-hybridized carbons (Fsp3) is 0.333. The Morgan fingerprint density at radius 3 is 2.27 bits per heavy atom. The molecule has 3 amide bonds. The summed E-state index contributed by atoms with van der Waals surface area (Å²) in [5.74, 6) is -1.98. The standard InChI is InChI=1S/C30H36N6O4/c1-8-36(9-2)21-13-14-22(23(16-21)33-29(40)30(5,6)7)32-26-24(31-19(4)37)17-25(38)27(34-26)35-28(39)20-12-10-11-18(3)15-20/h10-17H,8-9H2,1-7H3,(H,31,37)(H,33,40)(H,32,34,35,39). The number of amidine groups is 2. The average Bonchev–Trinajstić information content (AvgIpc) is 2.87. The minimum atomic E-state index is -0.667. The van der Waals surface area contributed by atoms with Crippen LogP contribution in [0.3, 0.4) is 0 Å². The molecule has 1 heterocycles. The molecule has 0 atom stereocenters. The molecular weight excluding hydrogens is 508 g/mol. The van der Waals surface area contributed by atoms with Gasteiger partial charge in [-0.15, -0.1) is 0 Å². The molecule has 0 bridgehead atoms. The maximum Gasteiger partial charge on any atom is 0.256 e. The quantitative estimate of drug-likeness (QED) is 0.479. The van der Waals surface area contributed by atoms with Crippen LogP contribution in [0.4, 0.5) is 17.1 Å². The number of nitrogens with zero attached hydrogens (tertiary/aromatic N) is 3. The summed E-state index contributed by atoms with van der Waals surface area (Å²) in [5, 5.41) is 8.09. The van der Waals surface area contributed by atoms with Gasteiger partial charge in [0, 0.05) is 42.8 Å². The molecular formula is C30H36N6O4. The Balaban J connectivity index is 2.10. The molecule has 40 heavy (non-hydrogen) atoms. The van der Waals surface area contributed by atoms with Crippen LogP contribution in [0.1, 0.15) is 57.5 Å². The first-order valence-electron chi connectivity index (χ1n) is 13.1. The highest BCUT2D eigenvalue weighted by Gasteiger charge is 2.26. The van der Waals surface area contributed by atoms with Crippen LogP contribution in [-0.4, -0.2) is 48.3 Å². The number of nitrogens with one attached hydrogen (secondary N) is 3. The third kappa shape index (κ3) is 7.49. The molecule has 10 heteroatoms. The summed E-state index contributed by atoms with van der Waals surface area (Å²) >= 11 is 0. The van der Waals surface area contributed by atoms with Crippen molar-refractivity contribution in [3.63, 3.8) is 0 Å². The van der Waals surface area contributed by atoms with Crippen molar-refractivity contribution < 1.29 is 19.2 Å². The van der Waals surface area contributed by atoms with E-state index >= 15 is 0 Å². The number of benzene rings is 2. The molecule has 0 spiro atoms. The molecule has 0 saturated heterocycles. The number of anilines is 2. The summed E-state index contributed by atoms with van der Waals surface area (Å²) in [5.41, 5.74) is 2.36. The lowest BCUT2D eigenvalue weighted by Crippen LogP contribution is -2.40. The van der Waals surface area contributed by atoms with Gasteiger partial charge in [0.2, 0.25) is 17.6 Å². The van der Waals surface area contributed by atoms with Crippen LogP contribution in [0.25, 0.3) is 0 Å². The van der Waals surface area contributed by atoms with E-state index < -0.39 is 23.0 Å². The number of carbonyl (C=O) groups is 4. The Morgan fingerprint density at radius 2 is 1.68 bits per heavy atom. The summed E-state index contributed by atoms with van der Waals surface area (Å²) in [6, 6.07) is 12.4. The number of amides is 3. The van der Waals surface area contributed by atoms with E-state index in [0.717, 1.165) is 30.4 Å². The van der Waals surface area contributed by atoms with Gasteiger partial charge in [-0.1, -0.05) is 38.5 Å². The van der Waals surface area contributed by atoms with Crippen LogP contribution in [0.2, 0.25) is 0 Å². The van der Waals surface area contributed by atoms with E-state index in [1.165, 1.54) is 6.92 Å². The normalized spacial score (nSPS) is 14.3. The third-order valence-corrected chi connectivity index (χ3v) is 6.05. The van der Waals surface area contributed by atoms with Gasteiger partial charge in [-0.05, 0) is 51.1 Å². The maximum absolute atomic E-state index is 12.9. The van der Waals surface area contributed by atoms with Crippen LogP contribution >= 0.6 is 0 Å². The van der Waals surface area contributed by atoms with Gasteiger partial charge in [-0.25, -0.2) is 9.98 Å². The lowest BCUT2D eigenvalue weighted by molar-refractivity contribution is -0.123. The lowest BCUT2D eigenvalue weighted by Gasteiger charge is -2.24. The first kappa shape index (κ1) is 29.9. The second-order valence-corrected chi connectivity index (χ2v) is 10.4. The zero-order chi connectivity index (χ0) is 29.6. The molecule has 0 radical (unpaired) electrons. The zero-order valence-electron chi connectivity index (χ0n) is 24.0. The predicted octanol–water partition coefficient (Wildman–Crippen LogP) is 4.29. The van der Waals surface area contributed by atoms with Crippen LogP contribution < -0.4 is 20.9 Å². The maximum atomic E-state index is 12.9. The number of aryl methyl sites for hydroxylation is 1. The highest BCUT2D eigenvalue weighted by molar-refractivity contribution is 6.49. The molecule has 1 aliphatic rings. The van der Waals surface area contributed by atoms with Crippen LogP contribution in [0, 0.1) is 12.3 Å². The Bertz CT molecular complexity index is 1430. The molecule has 0 aliphatic carbocycles. The van der Waals surface area contributed by atoms with E-state index in [1.54, 1.807) is 45.0 Å². The monoisotopic (exact) mass is 544 g/mol. The molecule has 2 aromatic rings. The number of ketones is 1. The summed E-state index contributed by atoms with van der Waals surface area (Å²) in [4.78, 5) is 61.6. The van der Waals surface area contributed by atoms with Crippen molar-refractivity contribution >= 4 is 52.2 Å². The number of hydrogen-bond acceptors (Lipinski definition) is 6. The Hall–Kier alpha value is -4.60. The summed E-state index contributed by atoms with van der Waals surface area (Å²) < 4.78 is 0. The van der Waals surface area contributed by atoms with Crippen LogP contribution in [-0.2, 0) is 14.4 Å². The Kier molecular flexibility index (Phi) is 9.36. The van der Waals surface area contributed by atoms with Gasteiger partial charge in [0.15, 0.2) is 11.7 Å². The van der Waals surface area contributed by atoms with E-state index in [-0.39, 0.29) is 23.3 Å². The highest BCUT2D eigenvalue weighted by atomic mass is 16.2. The van der Waals surface area contributed by atoms with E-state index in [1.807, 2.05) is 39.0 Å². The fourth-order valence-corrected chi connectivity index (χ4v) is 3.84. The molecule has 0 aromatic heterocycles. The third-order valence-electron chi connectivity index (χ3n) is 6.05. The van der Waals surface area contributed by atoms with Gasteiger partial charge in [0.05, 0.1) is 17.1 Å². The first-order valence-corrected chi connectivity index (χ1v) is 13.1. The summed E-state index contributed by atoms with van der Waals surface area (Å²) in [7, 11) is 0. The highest BCUT2D eigenvalue weighted by Crippen LogP contribution is 2.32. The summed E-state index contributed by atoms with van der Waals surface area (Å²) in [6.45, 7) is 14.2. The molecule has 0 saturated carbocycles. The number of aliphatic imine (C=N–C) groups is 2. The second kappa shape index (κ2) is 12.5. The van der Waals surface area contributed by atoms with Crippen molar-refractivity contribution in [3.8, 4) is 0 Å². The molecule has 10 nitrogen and oxygen atoms in total. The topological polar surface area (TPSA) is 132 Å². The smallest absolute Gasteiger partial charge is 0.256 e. The number of hydrogen-bond donors (Lipinski definition) is 3. The van der Waals surface area contributed by atoms with E-state index in [4.69, 9.17) is 0 Å². The largest absolute Gasteiger partial charge is 0.372 e. The first-order chi connectivity index (χ1) is 18.8. The van der Waals surface area contributed by atoms with Gasteiger partial charge >= 0.3 is 0 Å². The van der Waals surface area contributed by atoms with Crippen molar-refractivity contribution in [3.05, 3.63) is 65.4 Å². The lowest BCUT2D eigenvalue weighted by atomic mass is 9.95. The van der Waals surface area contributed by atoms with Gasteiger partial charge < -0.3 is 20.9 Å². The number of dihydropyridines is 1. The second-order valence-electron chi connectivity index (χ2n) is 10.4. The molecule has 3 rings (SSSR count). The van der Waals surface area contributed by atoms with Gasteiger partial charge in [0.1, 0.15) is 0 Å². The van der Waals surface area contributed by atoms with Crippen molar-refractivity contribution in [1.29, 1.82) is 0 Å². The minimum Gasteiger partial charge on any atom is -0.372 e. The van der Waals surface area contributed by atoms with Crippen LogP contribution in [0.15, 0.2) is 64.2 Å². The molecule has 2 aromatic carbocycles. The minimum absolute atomic E-state index is 0.00353.